The van der Waals surface area contributed by atoms with Crippen LogP contribution in [-0.2, 0) is 0 Å². The number of aromatic nitrogens is 1. The molecular formula is C15H19N3O. The summed E-state index contributed by atoms with van der Waals surface area (Å²) in [5.41, 5.74) is 6.68. The Morgan fingerprint density at radius 3 is 2.89 bits per heavy atom. The van der Waals surface area contributed by atoms with E-state index in [1.54, 1.807) is 18.5 Å². The minimum atomic E-state index is 0.0517. The molecule has 0 aliphatic carbocycles. The smallest absolute Gasteiger partial charge is 0.255 e. The molecule has 2 rings (SSSR count). The number of carbonyl (C=O) groups is 1. The molecule has 1 amide bonds. The summed E-state index contributed by atoms with van der Waals surface area (Å²) in [6, 6.07) is 1.79. The number of amides is 1. The Hall–Kier alpha value is -1.86. The van der Waals surface area contributed by atoms with Crippen LogP contribution >= 0.6 is 0 Å². The largest absolute Gasteiger partial charge is 0.339 e. The number of nitrogens with two attached hydrogens (primary N) is 1. The third-order valence-electron chi connectivity index (χ3n) is 3.39. The summed E-state index contributed by atoms with van der Waals surface area (Å²) in [7, 11) is 0. The highest BCUT2D eigenvalue weighted by Crippen LogP contribution is 2.18. The summed E-state index contributed by atoms with van der Waals surface area (Å²) < 4.78 is 0. The standard InChI is InChI=1S/C15H19N3O/c1-12-4-7-18(8-5-12)15(19)14-9-13(3-2-6-16)10-17-11-14/h9-12H,4-8,16H2,1H3. The van der Waals surface area contributed by atoms with Crippen LogP contribution in [0.5, 0.6) is 0 Å². The van der Waals surface area contributed by atoms with E-state index in [4.69, 9.17) is 5.73 Å². The van der Waals surface area contributed by atoms with E-state index in [2.05, 4.69) is 23.7 Å². The molecule has 0 saturated carbocycles. The van der Waals surface area contributed by atoms with E-state index in [0.29, 0.717) is 18.0 Å². The first-order valence-electron chi connectivity index (χ1n) is 6.64. The fraction of sp³-hybridized carbons (Fsp3) is 0.467. The number of likely N-dealkylation sites (tertiary alicyclic amines) is 1. The minimum absolute atomic E-state index is 0.0517. The number of hydrogen-bond acceptors (Lipinski definition) is 3. The van der Waals surface area contributed by atoms with E-state index < -0.39 is 0 Å². The van der Waals surface area contributed by atoms with E-state index in [9.17, 15) is 4.79 Å². The molecular weight excluding hydrogens is 238 g/mol. The Bertz CT molecular complexity index is 508. The van der Waals surface area contributed by atoms with Crippen LogP contribution in [-0.4, -0.2) is 35.4 Å². The summed E-state index contributed by atoms with van der Waals surface area (Å²) in [4.78, 5) is 18.3. The van der Waals surface area contributed by atoms with Crippen LogP contribution in [0.15, 0.2) is 18.5 Å². The Kier molecular flexibility index (Phi) is 4.53. The van der Waals surface area contributed by atoms with Crippen molar-refractivity contribution >= 4 is 5.91 Å². The third kappa shape index (κ3) is 3.55. The molecule has 0 radical (unpaired) electrons. The average molecular weight is 257 g/mol. The molecule has 2 heterocycles. The van der Waals surface area contributed by atoms with Gasteiger partial charge in [-0.05, 0) is 24.8 Å². The van der Waals surface area contributed by atoms with Crippen molar-refractivity contribution in [1.29, 1.82) is 0 Å². The number of piperidine rings is 1. The lowest BCUT2D eigenvalue weighted by Crippen LogP contribution is -2.37. The number of carbonyl (C=O) groups excluding carboxylic acids is 1. The van der Waals surface area contributed by atoms with Crippen molar-refractivity contribution in [2.45, 2.75) is 19.8 Å². The van der Waals surface area contributed by atoms with Gasteiger partial charge in [-0.15, -0.1) is 0 Å². The molecule has 1 saturated heterocycles. The van der Waals surface area contributed by atoms with Crippen molar-refractivity contribution in [3.8, 4) is 11.8 Å². The Morgan fingerprint density at radius 2 is 2.21 bits per heavy atom. The molecule has 1 aliphatic heterocycles. The quantitative estimate of drug-likeness (QED) is 0.771. The van der Waals surface area contributed by atoms with Gasteiger partial charge in [-0.1, -0.05) is 18.8 Å². The van der Waals surface area contributed by atoms with Gasteiger partial charge in [0.25, 0.3) is 5.91 Å². The molecule has 4 nitrogen and oxygen atoms in total. The zero-order chi connectivity index (χ0) is 13.7. The van der Waals surface area contributed by atoms with Crippen molar-refractivity contribution in [2.75, 3.05) is 19.6 Å². The predicted octanol–water partition coefficient (Wildman–Crippen LogP) is 1.26. The van der Waals surface area contributed by atoms with Gasteiger partial charge in [0.1, 0.15) is 0 Å². The Labute approximate surface area is 114 Å². The normalized spacial score (nSPS) is 15.8. The summed E-state index contributed by atoms with van der Waals surface area (Å²) in [5.74, 6) is 6.43. The lowest BCUT2D eigenvalue weighted by molar-refractivity contribution is 0.0697. The van der Waals surface area contributed by atoms with Crippen LogP contribution in [0.1, 0.15) is 35.7 Å². The molecule has 1 aromatic rings. The first-order chi connectivity index (χ1) is 9.20. The van der Waals surface area contributed by atoms with Crippen molar-refractivity contribution in [1.82, 2.24) is 9.88 Å². The molecule has 2 N–H and O–H groups in total. The topological polar surface area (TPSA) is 59.2 Å². The number of rotatable bonds is 1. The highest BCUT2D eigenvalue weighted by Gasteiger charge is 2.21. The maximum Gasteiger partial charge on any atom is 0.255 e. The molecule has 1 fully saturated rings. The lowest BCUT2D eigenvalue weighted by atomic mass is 9.99. The maximum absolute atomic E-state index is 12.3. The third-order valence-corrected chi connectivity index (χ3v) is 3.39. The van der Waals surface area contributed by atoms with E-state index in [0.717, 1.165) is 31.5 Å². The second-order valence-electron chi connectivity index (χ2n) is 4.94. The second kappa shape index (κ2) is 6.35. The summed E-state index contributed by atoms with van der Waals surface area (Å²) >= 11 is 0. The summed E-state index contributed by atoms with van der Waals surface area (Å²) in [6.07, 6.45) is 5.41. The molecule has 4 heteroatoms. The van der Waals surface area contributed by atoms with E-state index in [1.165, 1.54) is 0 Å². The van der Waals surface area contributed by atoms with Crippen LogP contribution in [0, 0.1) is 17.8 Å². The van der Waals surface area contributed by atoms with Crippen molar-refractivity contribution in [3.63, 3.8) is 0 Å². The molecule has 1 aromatic heterocycles. The van der Waals surface area contributed by atoms with Crippen LogP contribution in [0.4, 0.5) is 0 Å². The van der Waals surface area contributed by atoms with Crippen LogP contribution < -0.4 is 5.73 Å². The first kappa shape index (κ1) is 13.6. The monoisotopic (exact) mass is 257 g/mol. The molecule has 1 aliphatic rings. The highest BCUT2D eigenvalue weighted by molar-refractivity contribution is 5.94. The van der Waals surface area contributed by atoms with Gasteiger partial charge in [0, 0.05) is 31.0 Å². The zero-order valence-corrected chi connectivity index (χ0v) is 11.2. The summed E-state index contributed by atoms with van der Waals surface area (Å²) in [5, 5.41) is 0. The second-order valence-corrected chi connectivity index (χ2v) is 4.94. The predicted molar refractivity (Wildman–Crippen MR) is 74.5 cm³/mol. The van der Waals surface area contributed by atoms with Gasteiger partial charge >= 0.3 is 0 Å². The van der Waals surface area contributed by atoms with Crippen LogP contribution in [0.3, 0.4) is 0 Å². The van der Waals surface area contributed by atoms with E-state index in [1.807, 2.05) is 4.90 Å². The van der Waals surface area contributed by atoms with Gasteiger partial charge in [-0.3, -0.25) is 9.78 Å². The SMILES string of the molecule is CC1CCN(C(=O)c2cncc(C#CCN)c2)CC1. The molecule has 0 spiro atoms. The minimum Gasteiger partial charge on any atom is -0.339 e. The van der Waals surface area contributed by atoms with Crippen molar-refractivity contribution in [2.24, 2.45) is 11.7 Å². The zero-order valence-electron chi connectivity index (χ0n) is 11.2. The van der Waals surface area contributed by atoms with Gasteiger partial charge in [-0.25, -0.2) is 0 Å². The highest BCUT2D eigenvalue weighted by atomic mass is 16.2. The van der Waals surface area contributed by atoms with Crippen LogP contribution in [0.25, 0.3) is 0 Å². The fourth-order valence-corrected chi connectivity index (χ4v) is 2.17. The average Bonchev–Trinajstić information content (AvgIpc) is 2.45. The van der Waals surface area contributed by atoms with Gasteiger partial charge in [0.15, 0.2) is 0 Å². The molecule has 0 aromatic carbocycles. The van der Waals surface area contributed by atoms with Crippen LogP contribution in [0.2, 0.25) is 0 Å². The van der Waals surface area contributed by atoms with Gasteiger partial charge in [0.2, 0.25) is 0 Å². The first-order valence-corrected chi connectivity index (χ1v) is 6.64. The molecule has 0 unspecified atom stereocenters. The summed E-state index contributed by atoms with van der Waals surface area (Å²) in [6.45, 7) is 4.20. The molecule has 100 valence electrons. The van der Waals surface area contributed by atoms with Crippen molar-refractivity contribution < 1.29 is 4.79 Å². The maximum atomic E-state index is 12.3. The fourth-order valence-electron chi connectivity index (χ4n) is 2.17. The number of pyridine rings is 1. The van der Waals surface area contributed by atoms with Gasteiger partial charge in [-0.2, -0.15) is 0 Å². The molecule has 0 atom stereocenters. The Balaban J connectivity index is 2.10. The van der Waals surface area contributed by atoms with Crippen molar-refractivity contribution in [3.05, 3.63) is 29.6 Å². The molecule has 0 bridgehead atoms. The number of hydrogen-bond donors (Lipinski definition) is 1. The number of nitrogens with zero attached hydrogens (tertiary/aromatic N) is 2. The lowest BCUT2D eigenvalue weighted by Gasteiger charge is -2.30. The Morgan fingerprint density at radius 1 is 1.47 bits per heavy atom. The molecule has 19 heavy (non-hydrogen) atoms. The van der Waals surface area contributed by atoms with Gasteiger partial charge in [0.05, 0.1) is 12.1 Å². The van der Waals surface area contributed by atoms with E-state index in [-0.39, 0.29) is 5.91 Å². The van der Waals surface area contributed by atoms with E-state index >= 15 is 0 Å². The van der Waals surface area contributed by atoms with Gasteiger partial charge < -0.3 is 10.6 Å².